The van der Waals surface area contributed by atoms with Crippen LogP contribution in [0.25, 0.3) is 0 Å². The smallest absolute Gasteiger partial charge is 0.477 e. The Morgan fingerprint density at radius 1 is 1.23 bits per heavy atom. The fraction of sp³-hybridized carbons (Fsp3) is 0.423. The van der Waals surface area contributed by atoms with Crippen molar-refractivity contribution in [3.05, 3.63) is 50.9 Å². The van der Waals surface area contributed by atoms with Gasteiger partial charge in [-0.05, 0) is 31.4 Å². The molecule has 0 aliphatic carbocycles. The van der Waals surface area contributed by atoms with Crippen molar-refractivity contribution in [2.75, 3.05) is 31.1 Å². The lowest BCUT2D eigenvalue weighted by Crippen LogP contribution is -2.71. The minimum Gasteiger partial charge on any atom is -0.477 e. The predicted molar refractivity (Wildman–Crippen MR) is 159 cm³/mol. The third-order valence-electron chi connectivity index (χ3n) is 7.99. The van der Waals surface area contributed by atoms with Gasteiger partial charge in [0.2, 0.25) is 17.4 Å². The number of nitrogens with two attached hydrogens (primary N) is 1. The highest BCUT2D eigenvalue weighted by Crippen LogP contribution is 2.41. The van der Waals surface area contributed by atoms with Gasteiger partial charge in [0.25, 0.3) is 11.8 Å². The zero-order valence-corrected chi connectivity index (χ0v) is 26.0. The second-order valence-corrected chi connectivity index (χ2v) is 12.6. The molecule has 0 aromatic carbocycles. The van der Waals surface area contributed by atoms with Crippen molar-refractivity contribution >= 4 is 63.9 Å². The monoisotopic (exact) mass is 690 g/mol. The van der Waals surface area contributed by atoms with E-state index in [1.165, 1.54) is 29.7 Å². The number of carboxylic acid groups (broad SMARTS) is 1. The number of nitrogen functional groups attached to an aromatic ring is 1. The topological polar surface area (TPSA) is 264 Å². The SMILES string of the molecule is Cc1oc(=O)oc1COC(=O)N1CC[C@@H](N2CCC(=CC3=C(C(=O)O)N4C(=O)[C@@H](NC(=O)/C(=N/O)c5nsc(N)n5)[C@H]4SC3)C2=O)C1. The second kappa shape index (κ2) is 12.5. The number of ether oxygens (including phenoxy) is 1. The van der Waals surface area contributed by atoms with Gasteiger partial charge in [0.05, 0.1) is 6.04 Å². The van der Waals surface area contributed by atoms with E-state index in [1.54, 1.807) is 4.90 Å². The van der Waals surface area contributed by atoms with E-state index in [-0.39, 0.29) is 64.6 Å². The number of aliphatic carboxylic acids is 1. The van der Waals surface area contributed by atoms with Gasteiger partial charge in [-0.25, -0.2) is 14.4 Å². The molecule has 47 heavy (non-hydrogen) atoms. The molecule has 0 unspecified atom stereocenters. The molecule has 4 aliphatic heterocycles. The number of rotatable bonds is 8. The average molecular weight is 691 g/mol. The molecule has 3 fully saturated rings. The van der Waals surface area contributed by atoms with E-state index in [1.807, 2.05) is 0 Å². The molecule has 2 aromatic heterocycles. The van der Waals surface area contributed by atoms with Crippen LogP contribution >= 0.6 is 23.3 Å². The van der Waals surface area contributed by atoms with Gasteiger partial charge in [0.1, 0.15) is 17.1 Å². The van der Waals surface area contributed by atoms with E-state index in [4.69, 9.17) is 19.3 Å². The maximum Gasteiger partial charge on any atom is 0.519 e. The Morgan fingerprint density at radius 2 is 2.02 bits per heavy atom. The second-order valence-electron chi connectivity index (χ2n) is 10.7. The zero-order valence-electron chi connectivity index (χ0n) is 24.4. The number of carbonyl (C=O) groups excluding carboxylic acids is 4. The fourth-order valence-corrected chi connectivity index (χ4v) is 7.44. The summed E-state index contributed by atoms with van der Waals surface area (Å²) in [6, 6.07) is -1.41. The van der Waals surface area contributed by atoms with Crippen molar-refractivity contribution < 1.29 is 47.9 Å². The van der Waals surface area contributed by atoms with Crippen molar-refractivity contribution in [1.29, 1.82) is 0 Å². The van der Waals surface area contributed by atoms with Gasteiger partial charge in [-0.15, -0.1) is 11.8 Å². The van der Waals surface area contributed by atoms with Gasteiger partial charge in [0, 0.05) is 42.5 Å². The predicted octanol–water partition coefficient (Wildman–Crippen LogP) is -0.538. The molecule has 21 heteroatoms. The highest BCUT2D eigenvalue weighted by molar-refractivity contribution is 8.00. The minimum atomic E-state index is -1.38. The summed E-state index contributed by atoms with van der Waals surface area (Å²) in [6.45, 7) is 2.14. The first kappa shape index (κ1) is 31.8. The van der Waals surface area contributed by atoms with Crippen molar-refractivity contribution in [2.24, 2.45) is 5.16 Å². The van der Waals surface area contributed by atoms with E-state index in [2.05, 4.69) is 19.8 Å². The van der Waals surface area contributed by atoms with Gasteiger partial charge in [0.15, 0.2) is 23.3 Å². The van der Waals surface area contributed by atoms with Crippen LogP contribution in [0.3, 0.4) is 0 Å². The van der Waals surface area contributed by atoms with Gasteiger partial charge in [-0.1, -0.05) is 5.16 Å². The molecular formula is C26H26N8O11S2. The normalized spacial score (nSPS) is 23.8. The summed E-state index contributed by atoms with van der Waals surface area (Å²) >= 11 is 1.97. The molecule has 3 saturated heterocycles. The molecule has 0 spiro atoms. The molecule has 5 N–H and O–H groups in total. The number of likely N-dealkylation sites (tertiary alicyclic amines) is 2. The molecule has 0 bridgehead atoms. The number of nitrogens with one attached hydrogen (secondary N) is 1. The molecule has 4 aliphatic rings. The lowest BCUT2D eigenvalue weighted by Gasteiger charge is -2.49. The Morgan fingerprint density at radius 3 is 2.68 bits per heavy atom. The summed E-state index contributed by atoms with van der Waals surface area (Å²) in [7, 11) is 0. The summed E-state index contributed by atoms with van der Waals surface area (Å²) in [5.41, 5.74) is 5.29. The summed E-state index contributed by atoms with van der Waals surface area (Å²) < 4.78 is 18.6. The van der Waals surface area contributed by atoms with Crippen LogP contribution in [0, 0.1) is 6.92 Å². The number of hydrogen-bond acceptors (Lipinski definition) is 16. The molecule has 3 atom stereocenters. The van der Waals surface area contributed by atoms with E-state index in [0.29, 0.717) is 31.5 Å². The molecule has 248 valence electrons. The molecule has 6 heterocycles. The van der Waals surface area contributed by atoms with Crippen molar-refractivity contribution in [3.8, 4) is 0 Å². The number of hydrogen-bond donors (Lipinski definition) is 4. The summed E-state index contributed by atoms with van der Waals surface area (Å²) in [5, 5.41) is 24.0. The Kier molecular flexibility index (Phi) is 8.49. The third-order valence-corrected chi connectivity index (χ3v) is 9.83. The van der Waals surface area contributed by atoms with Crippen LogP contribution < -0.4 is 16.9 Å². The quantitative estimate of drug-likeness (QED) is 0.0891. The molecule has 19 nitrogen and oxygen atoms in total. The Hall–Kier alpha value is -5.18. The number of thioether (sulfide) groups is 1. The van der Waals surface area contributed by atoms with Gasteiger partial charge < -0.3 is 44.7 Å². The standard InChI is InChI=1S/C26H26N8O11S2/c1-10-14(45-26(41)44-10)8-43-25(40)32-4-3-13(7-32)33-5-2-11(20(33)36)6-12-9-46-22-16(21(37)34(22)17(12)23(38)39)28-19(35)15(30-42)18-29-24(27)47-31-18/h6,13,16,22,42H,2-5,7-9H2,1H3,(H,28,35)(H,38,39)(H2,27,29,31)/b11-6?,30-15+/t13-,16-,22-/m1/s1. The number of allylic oxidation sites excluding steroid dienone is 1. The Labute approximate surface area is 271 Å². The number of amides is 4. The van der Waals surface area contributed by atoms with E-state index < -0.39 is 46.8 Å². The number of oxime groups is 1. The van der Waals surface area contributed by atoms with Crippen LogP contribution in [0.1, 0.15) is 30.2 Å². The van der Waals surface area contributed by atoms with E-state index in [0.717, 1.165) is 16.4 Å². The number of anilines is 1. The van der Waals surface area contributed by atoms with Crippen LogP contribution in [-0.2, 0) is 30.5 Å². The van der Waals surface area contributed by atoms with Crippen molar-refractivity contribution in [1.82, 2.24) is 29.4 Å². The lowest BCUT2D eigenvalue weighted by atomic mass is 10.0. The maximum atomic E-state index is 13.4. The van der Waals surface area contributed by atoms with Crippen LogP contribution in [0.5, 0.6) is 0 Å². The maximum absolute atomic E-state index is 13.4. The molecule has 0 saturated carbocycles. The lowest BCUT2D eigenvalue weighted by molar-refractivity contribution is -0.150. The highest BCUT2D eigenvalue weighted by Gasteiger charge is 2.54. The van der Waals surface area contributed by atoms with Gasteiger partial charge in [-0.3, -0.25) is 19.3 Å². The molecule has 4 amide bonds. The van der Waals surface area contributed by atoms with Gasteiger partial charge >= 0.3 is 17.9 Å². The van der Waals surface area contributed by atoms with E-state index in [9.17, 15) is 39.1 Å². The zero-order chi connectivity index (χ0) is 33.6. The average Bonchev–Trinajstić information content (AvgIpc) is 3.83. The fourth-order valence-electron chi connectivity index (χ4n) is 5.70. The molecule has 6 rings (SSSR count). The number of carbonyl (C=O) groups is 5. The number of β-lactam (4-membered cyclic amide) rings is 1. The number of carboxylic acids is 1. The number of aryl methyl sites for hydroxylation is 1. The minimum absolute atomic E-state index is 0.0324. The van der Waals surface area contributed by atoms with Crippen molar-refractivity contribution in [3.63, 3.8) is 0 Å². The first-order valence-electron chi connectivity index (χ1n) is 14.0. The molecule has 2 aromatic rings. The first-order chi connectivity index (χ1) is 22.5. The summed E-state index contributed by atoms with van der Waals surface area (Å²) in [6.07, 6.45) is 1.68. The Bertz CT molecular complexity index is 1830. The Balaban J connectivity index is 1.09. The van der Waals surface area contributed by atoms with Crippen LogP contribution in [0.15, 0.2) is 41.7 Å². The summed E-state index contributed by atoms with van der Waals surface area (Å²) in [4.78, 5) is 83.2. The van der Waals surface area contributed by atoms with Gasteiger partial charge in [-0.2, -0.15) is 9.36 Å². The van der Waals surface area contributed by atoms with Crippen molar-refractivity contribution in [2.45, 2.75) is 43.8 Å². The number of fused-ring (bicyclic) bond motifs is 1. The van der Waals surface area contributed by atoms with Crippen LogP contribution in [-0.4, -0.2) is 113 Å². The first-order valence-corrected chi connectivity index (χ1v) is 15.8. The van der Waals surface area contributed by atoms with E-state index >= 15 is 0 Å². The molecule has 0 radical (unpaired) electrons. The van der Waals surface area contributed by atoms with Crippen LogP contribution in [0.4, 0.5) is 9.93 Å². The largest absolute Gasteiger partial charge is 0.519 e. The van der Waals surface area contributed by atoms with Crippen LogP contribution in [0.2, 0.25) is 0 Å². The highest BCUT2D eigenvalue weighted by atomic mass is 32.2. The third kappa shape index (κ3) is 5.93. The number of nitrogens with zero attached hydrogens (tertiary/aromatic N) is 6. The molecular weight excluding hydrogens is 664 g/mol. The summed E-state index contributed by atoms with van der Waals surface area (Å²) in [5.74, 6) is -4.02. The number of aromatic nitrogens is 2.